The Hall–Kier alpha value is -0.850. The van der Waals surface area contributed by atoms with Crippen molar-refractivity contribution >= 4 is 6.03 Å². The first-order valence-corrected chi connectivity index (χ1v) is 8.20. The van der Waals surface area contributed by atoms with Crippen LogP contribution in [0.5, 0.6) is 0 Å². The van der Waals surface area contributed by atoms with Gasteiger partial charge in [-0.15, -0.1) is 0 Å². The lowest BCUT2D eigenvalue weighted by atomic mass is 9.88. The third-order valence-electron chi connectivity index (χ3n) is 4.54. The molecule has 0 spiro atoms. The molecule has 0 radical (unpaired) electrons. The van der Waals surface area contributed by atoms with E-state index < -0.39 is 6.10 Å². The van der Waals surface area contributed by atoms with E-state index in [2.05, 4.69) is 42.9 Å². The molecule has 0 unspecified atom stereocenters. The van der Waals surface area contributed by atoms with Gasteiger partial charge >= 0.3 is 6.03 Å². The van der Waals surface area contributed by atoms with Crippen LogP contribution in [0.2, 0.25) is 0 Å². The van der Waals surface area contributed by atoms with Crippen molar-refractivity contribution in [1.29, 1.82) is 0 Å². The predicted molar refractivity (Wildman–Crippen MR) is 90.0 cm³/mol. The van der Waals surface area contributed by atoms with Crippen molar-refractivity contribution in [3.05, 3.63) is 0 Å². The van der Waals surface area contributed by atoms with Gasteiger partial charge in [0.2, 0.25) is 0 Å². The minimum Gasteiger partial charge on any atom is -0.390 e. The number of likely N-dealkylation sites (N-methyl/N-ethyl adjacent to an activating group) is 2. The summed E-state index contributed by atoms with van der Waals surface area (Å²) in [6.07, 6.45) is -0.510. The lowest BCUT2D eigenvalue weighted by Gasteiger charge is -2.34. The average Bonchev–Trinajstić information content (AvgIpc) is 2.40. The van der Waals surface area contributed by atoms with Crippen molar-refractivity contribution in [2.24, 2.45) is 5.41 Å². The Morgan fingerprint density at radius 3 is 2.32 bits per heavy atom. The van der Waals surface area contributed by atoms with Crippen molar-refractivity contribution < 1.29 is 9.90 Å². The lowest BCUT2D eigenvalue weighted by Crippen LogP contribution is -2.51. The lowest BCUT2D eigenvalue weighted by molar-refractivity contribution is 0.0651. The van der Waals surface area contributed by atoms with E-state index >= 15 is 0 Å². The van der Waals surface area contributed by atoms with Gasteiger partial charge in [-0.1, -0.05) is 20.8 Å². The van der Waals surface area contributed by atoms with Crippen LogP contribution in [-0.2, 0) is 0 Å². The van der Waals surface area contributed by atoms with Gasteiger partial charge in [-0.2, -0.15) is 0 Å². The van der Waals surface area contributed by atoms with Crippen LogP contribution in [0.1, 0.15) is 27.7 Å². The molecule has 2 N–H and O–H groups in total. The van der Waals surface area contributed by atoms with Gasteiger partial charge in [-0.05, 0) is 19.4 Å². The van der Waals surface area contributed by atoms with Crippen LogP contribution in [0.4, 0.5) is 4.79 Å². The van der Waals surface area contributed by atoms with Gasteiger partial charge in [-0.3, -0.25) is 4.90 Å². The minimum absolute atomic E-state index is 0.0228. The second-order valence-corrected chi connectivity index (χ2v) is 7.68. The molecule has 1 saturated heterocycles. The molecule has 0 saturated carbocycles. The van der Waals surface area contributed by atoms with Gasteiger partial charge in [0.05, 0.1) is 6.10 Å². The van der Waals surface area contributed by atoms with E-state index in [9.17, 15) is 9.90 Å². The molecule has 130 valence electrons. The Morgan fingerprint density at radius 2 is 1.82 bits per heavy atom. The highest BCUT2D eigenvalue weighted by molar-refractivity contribution is 5.74. The summed E-state index contributed by atoms with van der Waals surface area (Å²) in [4.78, 5) is 18.3. The average molecular weight is 314 g/mol. The fourth-order valence-corrected chi connectivity index (χ4v) is 2.30. The fourth-order valence-electron chi connectivity index (χ4n) is 2.30. The normalized spacial score (nSPS) is 20.5. The highest BCUT2D eigenvalue weighted by Gasteiger charge is 2.24. The summed E-state index contributed by atoms with van der Waals surface area (Å²) >= 11 is 0. The monoisotopic (exact) mass is 314 g/mol. The first-order valence-electron chi connectivity index (χ1n) is 8.20. The van der Waals surface area contributed by atoms with Crippen molar-refractivity contribution in [2.75, 3.05) is 53.4 Å². The topological polar surface area (TPSA) is 59.1 Å². The summed E-state index contributed by atoms with van der Waals surface area (Å²) in [7, 11) is 3.85. The third-order valence-corrected chi connectivity index (χ3v) is 4.54. The molecule has 0 bridgehead atoms. The van der Waals surface area contributed by atoms with E-state index in [0.29, 0.717) is 13.1 Å². The maximum atomic E-state index is 12.2. The van der Waals surface area contributed by atoms with E-state index in [-0.39, 0.29) is 17.5 Å². The van der Waals surface area contributed by atoms with Gasteiger partial charge in [0.1, 0.15) is 0 Å². The molecule has 2 amide bonds. The smallest absolute Gasteiger partial charge is 0.317 e. The number of aliphatic hydroxyl groups excluding tert-OH is 1. The van der Waals surface area contributed by atoms with E-state index in [1.54, 1.807) is 11.9 Å². The van der Waals surface area contributed by atoms with Gasteiger partial charge < -0.3 is 20.2 Å². The molecule has 0 aromatic carbocycles. The first-order chi connectivity index (χ1) is 10.1. The minimum atomic E-state index is -0.510. The number of nitrogens with zero attached hydrogens (tertiary/aromatic N) is 3. The van der Waals surface area contributed by atoms with Crippen LogP contribution >= 0.6 is 0 Å². The molecule has 22 heavy (non-hydrogen) atoms. The summed E-state index contributed by atoms with van der Waals surface area (Å²) < 4.78 is 0. The molecule has 1 aliphatic heterocycles. The quantitative estimate of drug-likeness (QED) is 0.783. The van der Waals surface area contributed by atoms with Gasteiger partial charge in [0.15, 0.2) is 0 Å². The third kappa shape index (κ3) is 6.50. The number of aliphatic hydroxyl groups is 1. The van der Waals surface area contributed by atoms with Crippen molar-refractivity contribution in [1.82, 2.24) is 20.0 Å². The molecule has 1 heterocycles. The van der Waals surface area contributed by atoms with Crippen LogP contribution in [0.25, 0.3) is 0 Å². The fraction of sp³-hybridized carbons (Fsp3) is 0.938. The molecular weight excluding hydrogens is 280 g/mol. The number of β-amino-alcohol motifs (C(OH)–C–C–N with tert-alkyl or cyclic N) is 1. The number of carbonyl (C=O) groups excluding carboxylic acids is 1. The van der Waals surface area contributed by atoms with Gasteiger partial charge in [0.25, 0.3) is 0 Å². The zero-order valence-electron chi connectivity index (χ0n) is 15.1. The Morgan fingerprint density at radius 1 is 1.27 bits per heavy atom. The van der Waals surface area contributed by atoms with Gasteiger partial charge in [-0.25, -0.2) is 4.79 Å². The number of piperazine rings is 1. The van der Waals surface area contributed by atoms with Crippen LogP contribution in [0.3, 0.4) is 0 Å². The molecule has 1 aliphatic rings. The van der Waals surface area contributed by atoms with E-state index in [0.717, 1.165) is 26.2 Å². The second kappa shape index (κ2) is 8.13. The predicted octanol–water partition coefficient (Wildman–Crippen LogP) is 0.671. The number of rotatable bonds is 5. The maximum Gasteiger partial charge on any atom is 0.317 e. The molecule has 1 fully saturated rings. The Kier molecular flexibility index (Phi) is 7.09. The molecule has 0 aromatic heterocycles. The SMILES string of the molecule is C[C@@H](NC(=O)N(C)C[C@H](O)CN1CCN(C)CC1)C(C)(C)C. The molecule has 1 rings (SSSR count). The van der Waals surface area contributed by atoms with E-state index in [1.165, 1.54) is 0 Å². The standard InChI is InChI=1S/C16H34N4O2/c1-13(16(2,3)4)17-15(22)19(6)11-14(21)12-20-9-7-18(5)8-10-20/h13-14,21H,7-12H2,1-6H3,(H,17,22)/t13-,14+/m1/s1. The highest BCUT2D eigenvalue weighted by atomic mass is 16.3. The maximum absolute atomic E-state index is 12.2. The molecular formula is C16H34N4O2. The van der Waals surface area contributed by atoms with Crippen LogP contribution < -0.4 is 5.32 Å². The molecule has 6 nitrogen and oxygen atoms in total. The number of amides is 2. The van der Waals surface area contributed by atoms with Crippen LogP contribution in [0, 0.1) is 5.41 Å². The molecule has 0 aromatic rings. The van der Waals surface area contributed by atoms with Crippen molar-refractivity contribution in [3.8, 4) is 0 Å². The molecule has 2 atom stereocenters. The second-order valence-electron chi connectivity index (χ2n) is 7.68. The molecule has 0 aliphatic carbocycles. The number of nitrogens with one attached hydrogen (secondary N) is 1. The number of hydrogen-bond donors (Lipinski definition) is 2. The van der Waals surface area contributed by atoms with E-state index in [4.69, 9.17) is 0 Å². The first kappa shape index (κ1) is 19.2. The Bertz CT molecular complexity index is 349. The summed E-state index contributed by atoms with van der Waals surface area (Å²) in [6, 6.07) is -0.0444. The zero-order valence-corrected chi connectivity index (χ0v) is 15.1. The number of urea groups is 1. The molecule has 6 heteroatoms. The van der Waals surface area contributed by atoms with Crippen LogP contribution in [0.15, 0.2) is 0 Å². The number of carbonyl (C=O) groups is 1. The van der Waals surface area contributed by atoms with Gasteiger partial charge in [0, 0.05) is 52.4 Å². The highest BCUT2D eigenvalue weighted by Crippen LogP contribution is 2.18. The summed E-state index contributed by atoms with van der Waals surface area (Å²) in [5.74, 6) is 0. The zero-order chi connectivity index (χ0) is 16.9. The Balaban J connectivity index is 2.33. The van der Waals surface area contributed by atoms with Crippen molar-refractivity contribution in [2.45, 2.75) is 39.8 Å². The number of hydrogen-bond acceptors (Lipinski definition) is 4. The van der Waals surface area contributed by atoms with E-state index in [1.807, 2.05) is 6.92 Å². The van der Waals surface area contributed by atoms with Crippen LogP contribution in [-0.4, -0.2) is 91.3 Å². The summed E-state index contributed by atoms with van der Waals surface area (Å²) in [6.45, 7) is 13.3. The summed E-state index contributed by atoms with van der Waals surface area (Å²) in [5, 5.41) is 13.2. The van der Waals surface area contributed by atoms with Crippen molar-refractivity contribution in [3.63, 3.8) is 0 Å². The summed E-state index contributed by atoms with van der Waals surface area (Å²) in [5.41, 5.74) is 0.0228. The Labute approximate surface area is 135 Å². The largest absolute Gasteiger partial charge is 0.390 e.